The average molecular weight is 286 g/mol. The molecule has 2 rings (SSSR count). The summed E-state index contributed by atoms with van der Waals surface area (Å²) < 4.78 is 1.82. The van der Waals surface area contributed by atoms with E-state index in [0.717, 1.165) is 5.52 Å². The third-order valence-corrected chi connectivity index (χ3v) is 3.35. The highest BCUT2D eigenvalue weighted by Gasteiger charge is 2.21. The van der Waals surface area contributed by atoms with Crippen LogP contribution >= 0.6 is 23.2 Å². The van der Waals surface area contributed by atoms with Crippen molar-refractivity contribution in [3.05, 3.63) is 33.9 Å². The van der Waals surface area contributed by atoms with Gasteiger partial charge in [-0.3, -0.25) is 0 Å². The van der Waals surface area contributed by atoms with Crippen LogP contribution in [-0.4, -0.2) is 15.6 Å². The molecule has 0 radical (unpaired) electrons. The fraction of sp³-hybridized carbons (Fsp3) is 0.308. The molecule has 1 heterocycles. The third-order valence-electron chi connectivity index (χ3n) is 2.72. The van der Waals surface area contributed by atoms with Crippen molar-refractivity contribution in [2.45, 2.75) is 20.4 Å². The van der Waals surface area contributed by atoms with Gasteiger partial charge in [0.1, 0.15) is 10.7 Å². The maximum absolute atomic E-state index is 11.3. The molecule has 3 nitrogen and oxygen atoms in total. The summed E-state index contributed by atoms with van der Waals surface area (Å²) in [5.74, 6) is -0.662. The van der Waals surface area contributed by atoms with Crippen LogP contribution in [0.1, 0.15) is 24.2 Å². The molecule has 0 aliphatic carbocycles. The minimum absolute atomic E-state index is 0.120. The van der Waals surface area contributed by atoms with Crippen molar-refractivity contribution in [1.29, 1.82) is 0 Å². The third kappa shape index (κ3) is 2.20. The molecular formula is C13H13Cl2NO2. The van der Waals surface area contributed by atoms with E-state index in [1.807, 2.05) is 4.57 Å². The first-order chi connectivity index (χ1) is 8.41. The topological polar surface area (TPSA) is 42.2 Å². The summed E-state index contributed by atoms with van der Waals surface area (Å²) >= 11 is 12.1. The Bertz CT molecular complexity index is 617. The molecule has 1 aromatic heterocycles. The summed E-state index contributed by atoms with van der Waals surface area (Å²) in [6.45, 7) is 4.78. The highest BCUT2D eigenvalue weighted by molar-refractivity contribution is 6.36. The zero-order valence-electron chi connectivity index (χ0n) is 10.1. The molecule has 1 N–H and O–H groups in total. The van der Waals surface area contributed by atoms with E-state index in [1.165, 1.54) is 0 Å². The predicted molar refractivity (Wildman–Crippen MR) is 73.8 cm³/mol. The summed E-state index contributed by atoms with van der Waals surface area (Å²) in [4.78, 5) is 11.3. The largest absolute Gasteiger partial charge is 0.478 e. The first-order valence-corrected chi connectivity index (χ1v) is 6.38. The van der Waals surface area contributed by atoms with Crippen LogP contribution < -0.4 is 0 Å². The summed E-state index contributed by atoms with van der Waals surface area (Å²) in [7, 11) is 0. The normalized spacial score (nSPS) is 11.4. The van der Waals surface area contributed by atoms with Crippen molar-refractivity contribution >= 4 is 40.1 Å². The summed E-state index contributed by atoms with van der Waals surface area (Å²) in [5, 5.41) is 10.6. The lowest BCUT2D eigenvalue weighted by Gasteiger charge is -2.09. The first kappa shape index (κ1) is 13.2. The van der Waals surface area contributed by atoms with Crippen molar-refractivity contribution in [2.75, 3.05) is 0 Å². The number of carboxylic acids is 1. The first-order valence-electron chi connectivity index (χ1n) is 5.62. The number of carboxylic acid groups (broad SMARTS) is 1. The Labute approximate surface area is 115 Å². The Morgan fingerprint density at radius 1 is 1.39 bits per heavy atom. The van der Waals surface area contributed by atoms with Gasteiger partial charge >= 0.3 is 5.97 Å². The molecule has 18 heavy (non-hydrogen) atoms. The average Bonchev–Trinajstić information content (AvgIpc) is 2.50. The lowest BCUT2D eigenvalue weighted by Crippen LogP contribution is -2.05. The molecule has 0 saturated carbocycles. The smallest absolute Gasteiger partial charge is 0.339 e. The van der Waals surface area contributed by atoms with Gasteiger partial charge in [0, 0.05) is 17.0 Å². The van der Waals surface area contributed by atoms with Gasteiger partial charge in [-0.25, -0.2) is 4.79 Å². The Kier molecular flexibility index (Phi) is 3.55. The Hall–Kier alpha value is -1.19. The number of fused-ring (bicyclic) bond motifs is 1. The number of halogens is 2. The number of aromatic carboxylic acids is 1. The summed E-state index contributed by atoms with van der Waals surface area (Å²) in [5.41, 5.74) is 0.922. The van der Waals surface area contributed by atoms with Crippen molar-refractivity contribution in [2.24, 2.45) is 5.92 Å². The molecule has 0 amide bonds. The highest BCUT2D eigenvalue weighted by atomic mass is 35.5. The molecule has 0 unspecified atom stereocenters. The van der Waals surface area contributed by atoms with E-state index in [2.05, 4.69) is 13.8 Å². The second kappa shape index (κ2) is 4.82. The van der Waals surface area contributed by atoms with Gasteiger partial charge in [-0.15, -0.1) is 0 Å². The van der Waals surface area contributed by atoms with E-state index >= 15 is 0 Å². The standard InChI is InChI=1S/C13H13Cl2NO2/c1-7(2)6-16-10-4-3-8(14)5-9(10)11(12(16)15)13(17)18/h3-5,7H,6H2,1-2H3,(H,17,18). The molecule has 0 saturated heterocycles. The molecule has 0 aliphatic rings. The van der Waals surface area contributed by atoms with Crippen LogP contribution in [0.15, 0.2) is 18.2 Å². The second-order valence-electron chi connectivity index (χ2n) is 4.64. The molecule has 2 aromatic rings. The number of hydrogen-bond acceptors (Lipinski definition) is 1. The van der Waals surface area contributed by atoms with Crippen LogP contribution in [0.25, 0.3) is 10.9 Å². The number of carbonyl (C=O) groups is 1. The van der Waals surface area contributed by atoms with Crippen molar-refractivity contribution < 1.29 is 9.90 Å². The Balaban J connectivity index is 2.78. The number of rotatable bonds is 3. The molecule has 0 atom stereocenters. The van der Waals surface area contributed by atoms with Crippen LogP contribution in [0.4, 0.5) is 0 Å². The van der Waals surface area contributed by atoms with Crippen LogP contribution in [-0.2, 0) is 6.54 Å². The van der Waals surface area contributed by atoms with E-state index in [9.17, 15) is 9.90 Å². The molecule has 5 heteroatoms. The van der Waals surface area contributed by atoms with E-state index in [-0.39, 0.29) is 10.7 Å². The molecule has 96 valence electrons. The summed E-state index contributed by atoms with van der Waals surface area (Å²) in [6.07, 6.45) is 0. The van der Waals surface area contributed by atoms with Gasteiger partial charge in [0.05, 0.1) is 5.52 Å². The predicted octanol–water partition coefficient (Wildman–Crippen LogP) is 4.30. The fourth-order valence-corrected chi connectivity index (χ4v) is 2.56. The van der Waals surface area contributed by atoms with Crippen molar-refractivity contribution in [3.63, 3.8) is 0 Å². The SMILES string of the molecule is CC(C)Cn1c(Cl)c(C(=O)O)c2cc(Cl)ccc21. The molecule has 0 fully saturated rings. The monoisotopic (exact) mass is 285 g/mol. The zero-order valence-corrected chi connectivity index (χ0v) is 11.6. The quantitative estimate of drug-likeness (QED) is 0.913. The van der Waals surface area contributed by atoms with E-state index in [0.29, 0.717) is 22.9 Å². The lowest BCUT2D eigenvalue weighted by atomic mass is 10.2. The number of aromatic nitrogens is 1. The van der Waals surface area contributed by atoms with Gasteiger partial charge in [-0.1, -0.05) is 37.0 Å². The number of hydrogen-bond donors (Lipinski definition) is 1. The molecule has 1 aromatic carbocycles. The van der Waals surface area contributed by atoms with Gasteiger partial charge in [-0.05, 0) is 24.1 Å². The molecule has 0 spiro atoms. The van der Waals surface area contributed by atoms with Crippen molar-refractivity contribution in [3.8, 4) is 0 Å². The van der Waals surface area contributed by atoms with Gasteiger partial charge in [-0.2, -0.15) is 0 Å². The molecule has 0 aliphatic heterocycles. The van der Waals surface area contributed by atoms with E-state index < -0.39 is 5.97 Å². The van der Waals surface area contributed by atoms with Gasteiger partial charge in [0.2, 0.25) is 0 Å². The van der Waals surface area contributed by atoms with Gasteiger partial charge in [0.15, 0.2) is 0 Å². The maximum Gasteiger partial charge on any atom is 0.339 e. The van der Waals surface area contributed by atoms with E-state index in [1.54, 1.807) is 18.2 Å². The van der Waals surface area contributed by atoms with Crippen LogP contribution in [0.3, 0.4) is 0 Å². The van der Waals surface area contributed by atoms with Gasteiger partial charge < -0.3 is 9.67 Å². The zero-order chi connectivity index (χ0) is 13.4. The fourth-order valence-electron chi connectivity index (χ4n) is 2.04. The Morgan fingerprint density at radius 3 is 2.61 bits per heavy atom. The number of nitrogens with zero attached hydrogens (tertiary/aromatic N) is 1. The van der Waals surface area contributed by atoms with Crippen LogP contribution in [0.5, 0.6) is 0 Å². The van der Waals surface area contributed by atoms with Crippen molar-refractivity contribution in [1.82, 2.24) is 4.57 Å². The minimum Gasteiger partial charge on any atom is -0.478 e. The lowest BCUT2D eigenvalue weighted by molar-refractivity contribution is 0.0699. The van der Waals surface area contributed by atoms with E-state index in [4.69, 9.17) is 23.2 Å². The summed E-state index contributed by atoms with van der Waals surface area (Å²) in [6, 6.07) is 5.18. The second-order valence-corrected chi connectivity index (χ2v) is 5.43. The number of benzene rings is 1. The van der Waals surface area contributed by atoms with Crippen LogP contribution in [0.2, 0.25) is 10.2 Å². The maximum atomic E-state index is 11.3. The van der Waals surface area contributed by atoms with Gasteiger partial charge in [0.25, 0.3) is 0 Å². The highest BCUT2D eigenvalue weighted by Crippen LogP contribution is 2.32. The Morgan fingerprint density at radius 2 is 2.06 bits per heavy atom. The molecule has 0 bridgehead atoms. The van der Waals surface area contributed by atoms with Crippen LogP contribution in [0, 0.1) is 5.92 Å². The molecular weight excluding hydrogens is 273 g/mol. The minimum atomic E-state index is -1.03.